The van der Waals surface area contributed by atoms with Crippen molar-refractivity contribution in [3.8, 4) is 0 Å². The zero-order valence-electron chi connectivity index (χ0n) is 17.1. The average Bonchev–Trinajstić information content (AvgIpc) is 3.21. The van der Waals surface area contributed by atoms with E-state index in [1.807, 2.05) is 12.1 Å². The van der Waals surface area contributed by atoms with Crippen molar-refractivity contribution in [1.82, 2.24) is 14.8 Å². The molecule has 31 heavy (non-hydrogen) atoms. The SMILES string of the molecule is CCS(=O)(=O)N[C@@H]1CN2C(=O)N(c3noc4cccc(C5CCC5)c34)CC[C@@H]2C1(F)F. The zero-order valence-corrected chi connectivity index (χ0v) is 17.9. The number of benzene rings is 1. The first-order valence-electron chi connectivity index (χ1n) is 10.6. The molecule has 0 unspecified atom stereocenters. The first-order chi connectivity index (χ1) is 14.7. The minimum atomic E-state index is -3.84. The quantitative estimate of drug-likeness (QED) is 0.749. The third kappa shape index (κ3) is 3.20. The number of nitrogens with one attached hydrogen (secondary N) is 1. The van der Waals surface area contributed by atoms with Gasteiger partial charge in [-0.15, -0.1) is 0 Å². The standard InChI is InChI=1S/C20H24F2N4O4S/c1-2-31(28,29)24-15-11-26-16(20(15,21)22)9-10-25(19(26)27)18-17-13(12-5-3-6-12)7-4-8-14(17)30-23-18/h4,7-8,12,15-16,24H,2-3,5-6,9-11H2,1H3/t15-,16-/m1/s1. The van der Waals surface area contributed by atoms with Crippen molar-refractivity contribution in [3.63, 3.8) is 0 Å². The summed E-state index contributed by atoms with van der Waals surface area (Å²) in [5.41, 5.74) is 1.63. The fourth-order valence-electron chi connectivity index (χ4n) is 4.81. The Bertz CT molecular complexity index is 1130. The number of rotatable bonds is 5. The molecule has 0 bridgehead atoms. The number of urea groups is 1. The van der Waals surface area contributed by atoms with Crippen LogP contribution in [-0.2, 0) is 10.0 Å². The van der Waals surface area contributed by atoms with Crippen LogP contribution in [0.5, 0.6) is 0 Å². The number of alkyl halides is 2. The number of anilines is 1. The molecule has 1 saturated carbocycles. The number of carbonyl (C=O) groups is 1. The molecule has 1 aromatic carbocycles. The van der Waals surface area contributed by atoms with Gasteiger partial charge >= 0.3 is 6.03 Å². The van der Waals surface area contributed by atoms with Gasteiger partial charge in [0.15, 0.2) is 11.4 Å². The highest BCUT2D eigenvalue weighted by atomic mass is 32.2. The molecule has 1 N–H and O–H groups in total. The van der Waals surface area contributed by atoms with Gasteiger partial charge in [0.1, 0.15) is 12.1 Å². The first kappa shape index (κ1) is 20.6. The Kier molecular flexibility index (Phi) is 4.74. The molecule has 2 amide bonds. The molecule has 3 fully saturated rings. The third-order valence-corrected chi connectivity index (χ3v) is 8.19. The summed E-state index contributed by atoms with van der Waals surface area (Å²) in [5.74, 6) is -2.94. The van der Waals surface area contributed by atoms with Gasteiger partial charge in [-0.05, 0) is 43.7 Å². The highest BCUT2D eigenvalue weighted by Crippen LogP contribution is 2.44. The van der Waals surface area contributed by atoms with E-state index in [2.05, 4.69) is 9.88 Å². The topological polar surface area (TPSA) is 95.8 Å². The maximum Gasteiger partial charge on any atom is 0.326 e. The van der Waals surface area contributed by atoms with E-state index in [0.717, 1.165) is 35.1 Å². The Hall–Kier alpha value is -2.27. The van der Waals surface area contributed by atoms with Gasteiger partial charge in [-0.25, -0.2) is 26.7 Å². The van der Waals surface area contributed by atoms with E-state index < -0.39 is 40.6 Å². The number of carbonyl (C=O) groups excluding carboxylic acids is 1. The van der Waals surface area contributed by atoms with Crippen LogP contribution in [-0.4, -0.2) is 61.4 Å². The fourth-order valence-corrected chi connectivity index (χ4v) is 5.64. The molecule has 2 atom stereocenters. The van der Waals surface area contributed by atoms with E-state index in [1.54, 1.807) is 6.07 Å². The second-order valence-corrected chi connectivity index (χ2v) is 10.5. The highest BCUT2D eigenvalue weighted by molar-refractivity contribution is 7.89. The van der Waals surface area contributed by atoms with Crippen molar-refractivity contribution < 1.29 is 26.5 Å². The van der Waals surface area contributed by atoms with Crippen molar-refractivity contribution in [2.75, 3.05) is 23.7 Å². The molecule has 0 radical (unpaired) electrons. The summed E-state index contributed by atoms with van der Waals surface area (Å²) in [4.78, 5) is 15.7. The molecule has 2 saturated heterocycles. The number of aromatic nitrogens is 1. The highest BCUT2D eigenvalue weighted by Gasteiger charge is 2.60. The van der Waals surface area contributed by atoms with Gasteiger partial charge in [-0.1, -0.05) is 23.7 Å². The van der Waals surface area contributed by atoms with E-state index in [9.17, 15) is 22.0 Å². The van der Waals surface area contributed by atoms with E-state index in [1.165, 1.54) is 11.8 Å². The lowest BCUT2D eigenvalue weighted by molar-refractivity contribution is -0.0448. The molecule has 3 aliphatic rings. The van der Waals surface area contributed by atoms with Crippen LogP contribution in [0.1, 0.15) is 44.1 Å². The second-order valence-electron chi connectivity index (χ2n) is 8.49. The monoisotopic (exact) mass is 454 g/mol. The van der Waals surface area contributed by atoms with Crippen LogP contribution in [0.3, 0.4) is 0 Å². The minimum Gasteiger partial charge on any atom is -0.354 e. The minimum absolute atomic E-state index is 0.00302. The van der Waals surface area contributed by atoms with Gasteiger partial charge in [0.2, 0.25) is 10.0 Å². The largest absolute Gasteiger partial charge is 0.354 e. The summed E-state index contributed by atoms with van der Waals surface area (Å²) in [6.45, 7) is 1.05. The van der Waals surface area contributed by atoms with E-state index in [-0.39, 0.29) is 18.7 Å². The number of amides is 2. The van der Waals surface area contributed by atoms with E-state index in [4.69, 9.17) is 4.52 Å². The van der Waals surface area contributed by atoms with E-state index in [0.29, 0.717) is 17.3 Å². The Labute approximate surface area is 178 Å². The van der Waals surface area contributed by atoms with Crippen molar-refractivity contribution in [3.05, 3.63) is 23.8 Å². The summed E-state index contributed by atoms with van der Waals surface area (Å²) in [7, 11) is -3.84. The lowest BCUT2D eigenvalue weighted by Gasteiger charge is -2.37. The second kappa shape index (κ2) is 7.13. The molecule has 3 heterocycles. The molecule has 1 aliphatic carbocycles. The van der Waals surface area contributed by atoms with Gasteiger partial charge in [0, 0.05) is 13.1 Å². The predicted octanol–water partition coefficient (Wildman–Crippen LogP) is 3.05. The molecule has 8 nitrogen and oxygen atoms in total. The summed E-state index contributed by atoms with van der Waals surface area (Å²) >= 11 is 0. The van der Waals surface area contributed by atoms with Gasteiger partial charge in [0.25, 0.3) is 5.92 Å². The maximum atomic E-state index is 15.0. The van der Waals surface area contributed by atoms with Crippen molar-refractivity contribution in [1.29, 1.82) is 0 Å². The zero-order chi connectivity index (χ0) is 22.0. The van der Waals surface area contributed by atoms with Crippen LogP contribution < -0.4 is 9.62 Å². The molecule has 2 aromatic rings. The number of sulfonamides is 1. The summed E-state index contributed by atoms with van der Waals surface area (Å²) in [6, 6.07) is 2.07. The van der Waals surface area contributed by atoms with Gasteiger partial charge in [-0.3, -0.25) is 4.90 Å². The molecular weight excluding hydrogens is 430 g/mol. The van der Waals surface area contributed by atoms with Crippen LogP contribution in [0.2, 0.25) is 0 Å². The maximum absolute atomic E-state index is 15.0. The van der Waals surface area contributed by atoms with Gasteiger partial charge in [-0.2, -0.15) is 0 Å². The van der Waals surface area contributed by atoms with E-state index >= 15 is 0 Å². The number of hydrogen-bond acceptors (Lipinski definition) is 5. The Morgan fingerprint density at radius 2 is 2.06 bits per heavy atom. The smallest absolute Gasteiger partial charge is 0.326 e. The normalized spacial score (nSPS) is 26.4. The number of hydrogen-bond donors (Lipinski definition) is 1. The lowest BCUT2D eigenvalue weighted by Crippen LogP contribution is -2.56. The Morgan fingerprint density at radius 3 is 2.74 bits per heavy atom. The number of nitrogens with zero attached hydrogens (tertiary/aromatic N) is 3. The van der Waals surface area contributed by atoms with Crippen LogP contribution in [0, 0.1) is 0 Å². The molecule has 11 heteroatoms. The lowest BCUT2D eigenvalue weighted by atomic mass is 9.79. The fraction of sp³-hybridized carbons (Fsp3) is 0.600. The van der Waals surface area contributed by atoms with Gasteiger partial charge in [0.05, 0.1) is 11.1 Å². The van der Waals surface area contributed by atoms with Crippen molar-refractivity contribution >= 4 is 32.8 Å². The molecule has 2 aliphatic heterocycles. The van der Waals surface area contributed by atoms with Crippen molar-refractivity contribution in [2.45, 2.75) is 56.5 Å². The first-order valence-corrected chi connectivity index (χ1v) is 12.2. The predicted molar refractivity (Wildman–Crippen MR) is 110 cm³/mol. The Balaban J connectivity index is 1.47. The molecule has 1 aromatic heterocycles. The van der Waals surface area contributed by atoms with Gasteiger partial charge < -0.3 is 9.42 Å². The van der Waals surface area contributed by atoms with Crippen molar-refractivity contribution in [2.24, 2.45) is 0 Å². The van der Waals surface area contributed by atoms with Crippen LogP contribution in [0.25, 0.3) is 11.0 Å². The summed E-state index contributed by atoms with van der Waals surface area (Å²) < 4.78 is 61.2. The Morgan fingerprint density at radius 1 is 1.29 bits per heavy atom. The third-order valence-electron chi connectivity index (χ3n) is 6.78. The van der Waals surface area contributed by atoms with Crippen LogP contribution in [0.15, 0.2) is 22.7 Å². The molecule has 168 valence electrons. The molecular formula is C20H24F2N4O4S. The summed E-state index contributed by atoms with van der Waals surface area (Å²) in [5, 5.41) is 4.88. The van der Waals surface area contributed by atoms with Crippen LogP contribution in [0.4, 0.5) is 19.4 Å². The number of halogens is 2. The average molecular weight is 454 g/mol. The molecule has 5 rings (SSSR count). The number of fused-ring (bicyclic) bond motifs is 2. The summed E-state index contributed by atoms with van der Waals surface area (Å²) in [6.07, 6.45) is 3.25. The molecule has 0 spiro atoms. The van der Waals surface area contributed by atoms with Crippen LogP contribution >= 0.6 is 0 Å².